The maximum Gasteiger partial charge on any atom is 0.417 e. The number of hydrogen-bond acceptors (Lipinski definition) is 4. The summed E-state index contributed by atoms with van der Waals surface area (Å²) in [6, 6.07) is 9.33. The molecule has 0 saturated carbocycles. The summed E-state index contributed by atoms with van der Waals surface area (Å²) in [4.78, 5) is 22.7. The molecule has 1 unspecified atom stereocenters. The van der Waals surface area contributed by atoms with Gasteiger partial charge in [0.2, 0.25) is 5.91 Å². The predicted molar refractivity (Wildman–Crippen MR) is 118 cm³/mol. The number of hydrogen-bond donors (Lipinski definition) is 0. The molecule has 1 aromatic heterocycles. The van der Waals surface area contributed by atoms with Crippen LogP contribution in [-0.2, 0) is 17.4 Å². The van der Waals surface area contributed by atoms with Crippen LogP contribution in [0.25, 0.3) is 0 Å². The van der Waals surface area contributed by atoms with Crippen LogP contribution in [0.15, 0.2) is 36.5 Å². The molecule has 2 aliphatic rings. The summed E-state index contributed by atoms with van der Waals surface area (Å²) in [6.07, 6.45) is -0.575. The number of piperazine rings is 1. The van der Waals surface area contributed by atoms with E-state index >= 15 is 0 Å². The normalized spacial score (nSPS) is 19.5. The van der Waals surface area contributed by atoms with Gasteiger partial charge >= 0.3 is 6.18 Å². The number of pyridine rings is 1. The Bertz CT molecular complexity index is 976. The molecule has 1 saturated heterocycles. The van der Waals surface area contributed by atoms with Gasteiger partial charge in [-0.05, 0) is 36.5 Å². The van der Waals surface area contributed by atoms with E-state index < -0.39 is 11.7 Å². The van der Waals surface area contributed by atoms with Crippen molar-refractivity contribution in [3.63, 3.8) is 0 Å². The van der Waals surface area contributed by atoms with Gasteiger partial charge in [-0.25, -0.2) is 4.98 Å². The van der Waals surface area contributed by atoms with Crippen molar-refractivity contribution in [1.82, 2.24) is 14.8 Å². The van der Waals surface area contributed by atoms with E-state index in [-0.39, 0.29) is 17.0 Å². The van der Waals surface area contributed by atoms with Gasteiger partial charge in [0.05, 0.1) is 23.2 Å². The van der Waals surface area contributed by atoms with Crippen molar-refractivity contribution < 1.29 is 18.0 Å². The Kier molecular flexibility index (Phi) is 6.62. The first-order valence-corrected chi connectivity index (χ1v) is 11.2. The Hall–Kier alpha value is -2.32. The van der Waals surface area contributed by atoms with E-state index in [4.69, 9.17) is 11.6 Å². The number of aryl methyl sites for hydroxylation is 1. The summed E-state index contributed by atoms with van der Waals surface area (Å²) in [6.45, 7) is 2.62. The van der Waals surface area contributed by atoms with E-state index in [0.717, 1.165) is 31.5 Å². The maximum absolute atomic E-state index is 13.0. The van der Waals surface area contributed by atoms with Gasteiger partial charge in [-0.1, -0.05) is 35.9 Å². The summed E-state index contributed by atoms with van der Waals surface area (Å²) in [7, 11) is 1.87. The summed E-state index contributed by atoms with van der Waals surface area (Å²) < 4.78 is 38.5. The van der Waals surface area contributed by atoms with Crippen LogP contribution in [-0.4, -0.2) is 60.5 Å². The molecule has 1 aromatic carbocycles. The minimum Gasteiger partial charge on any atom is -0.353 e. The van der Waals surface area contributed by atoms with E-state index in [1.54, 1.807) is 0 Å². The van der Waals surface area contributed by atoms with Gasteiger partial charge in [-0.15, -0.1) is 0 Å². The highest BCUT2D eigenvalue weighted by atomic mass is 35.5. The minimum atomic E-state index is -4.47. The largest absolute Gasteiger partial charge is 0.417 e. The summed E-state index contributed by atoms with van der Waals surface area (Å²) in [5.41, 5.74) is 1.70. The fourth-order valence-corrected chi connectivity index (χ4v) is 4.83. The molecule has 32 heavy (non-hydrogen) atoms. The lowest BCUT2D eigenvalue weighted by atomic mass is 9.87. The minimum absolute atomic E-state index is 0.0138. The first kappa shape index (κ1) is 22.9. The number of amides is 1. The van der Waals surface area contributed by atoms with Crippen molar-refractivity contribution >= 4 is 23.3 Å². The van der Waals surface area contributed by atoms with Crippen LogP contribution in [0.4, 0.5) is 19.0 Å². The molecular weight excluding hydrogens is 441 g/mol. The van der Waals surface area contributed by atoms with Crippen molar-refractivity contribution in [3.8, 4) is 0 Å². The fraction of sp³-hybridized carbons (Fsp3) is 0.478. The highest BCUT2D eigenvalue weighted by Gasteiger charge is 2.33. The Balaban J connectivity index is 1.34. The lowest BCUT2D eigenvalue weighted by molar-refractivity contribution is -0.137. The number of carbonyl (C=O) groups excluding carboxylic acids is 1. The Morgan fingerprint density at radius 1 is 1.22 bits per heavy atom. The lowest BCUT2D eigenvalue weighted by Gasteiger charge is -2.38. The number of halogens is 4. The van der Waals surface area contributed by atoms with Crippen LogP contribution >= 0.6 is 11.6 Å². The Labute approximate surface area is 190 Å². The van der Waals surface area contributed by atoms with Gasteiger partial charge in [-0.3, -0.25) is 9.69 Å². The van der Waals surface area contributed by atoms with Crippen LogP contribution in [0.5, 0.6) is 0 Å². The SMILES string of the molecule is CN(C(=O)CN1CCN(c2ncc(C(F)(F)F)cc2Cl)CC1)C1CCCc2ccccc21. The fourth-order valence-electron chi connectivity index (χ4n) is 4.54. The zero-order chi connectivity index (χ0) is 22.9. The highest BCUT2D eigenvalue weighted by Crippen LogP contribution is 2.35. The molecule has 1 amide bonds. The molecule has 172 valence electrons. The Morgan fingerprint density at radius 2 is 1.94 bits per heavy atom. The molecule has 1 fully saturated rings. The molecule has 1 atom stereocenters. The average Bonchev–Trinajstić information content (AvgIpc) is 2.78. The van der Waals surface area contributed by atoms with Gasteiger partial charge in [0.15, 0.2) is 0 Å². The quantitative estimate of drug-likeness (QED) is 0.669. The number of rotatable bonds is 4. The van der Waals surface area contributed by atoms with Crippen molar-refractivity contribution in [2.75, 3.05) is 44.7 Å². The summed E-state index contributed by atoms with van der Waals surface area (Å²) >= 11 is 6.08. The number of alkyl halides is 3. The Morgan fingerprint density at radius 3 is 2.62 bits per heavy atom. The number of anilines is 1. The zero-order valence-corrected chi connectivity index (χ0v) is 18.7. The highest BCUT2D eigenvalue weighted by molar-refractivity contribution is 6.33. The molecular formula is C23H26ClF3N4O. The number of aromatic nitrogens is 1. The van der Waals surface area contributed by atoms with Crippen molar-refractivity contribution in [3.05, 3.63) is 58.2 Å². The molecule has 5 nitrogen and oxygen atoms in total. The molecule has 2 heterocycles. The van der Waals surface area contributed by atoms with Crippen molar-refractivity contribution in [2.45, 2.75) is 31.5 Å². The smallest absolute Gasteiger partial charge is 0.353 e. The third-order valence-electron chi connectivity index (χ3n) is 6.38. The van der Waals surface area contributed by atoms with Crippen LogP contribution in [0.3, 0.4) is 0 Å². The standard InChI is InChI=1S/C23H26ClF3N4O/c1-29(20-8-4-6-16-5-2-3-7-18(16)20)21(32)15-30-9-11-31(12-10-30)22-19(24)13-17(14-28-22)23(25,26)27/h2-3,5,7,13-14,20H,4,6,8-12,15H2,1H3. The molecule has 1 aliphatic carbocycles. The van der Waals surface area contributed by atoms with E-state index in [0.29, 0.717) is 38.5 Å². The number of benzene rings is 1. The van der Waals surface area contributed by atoms with Gasteiger partial charge in [0, 0.05) is 39.4 Å². The van der Waals surface area contributed by atoms with Crippen molar-refractivity contribution in [2.24, 2.45) is 0 Å². The molecule has 2 aromatic rings. The molecule has 4 rings (SSSR count). The van der Waals surface area contributed by atoms with E-state index in [9.17, 15) is 18.0 Å². The third kappa shape index (κ3) is 4.86. The second-order valence-electron chi connectivity index (χ2n) is 8.40. The molecule has 9 heteroatoms. The second-order valence-corrected chi connectivity index (χ2v) is 8.81. The molecule has 0 N–H and O–H groups in total. The molecule has 1 aliphatic heterocycles. The summed E-state index contributed by atoms with van der Waals surface area (Å²) in [5, 5.41) is -0.0138. The van der Waals surface area contributed by atoms with Crippen LogP contribution in [0.1, 0.15) is 35.6 Å². The third-order valence-corrected chi connectivity index (χ3v) is 6.66. The van der Waals surface area contributed by atoms with E-state index in [2.05, 4.69) is 22.0 Å². The second kappa shape index (κ2) is 9.27. The van der Waals surface area contributed by atoms with Crippen molar-refractivity contribution in [1.29, 1.82) is 0 Å². The average molecular weight is 467 g/mol. The number of carbonyl (C=O) groups is 1. The first-order valence-electron chi connectivity index (χ1n) is 10.8. The molecule has 0 bridgehead atoms. The number of nitrogens with zero attached hydrogens (tertiary/aromatic N) is 4. The molecule has 0 spiro atoms. The zero-order valence-electron chi connectivity index (χ0n) is 17.9. The topological polar surface area (TPSA) is 39.7 Å². The van der Waals surface area contributed by atoms with Gasteiger partial charge < -0.3 is 9.80 Å². The maximum atomic E-state index is 13.0. The van der Waals surface area contributed by atoms with Crippen LogP contribution < -0.4 is 4.90 Å². The van der Waals surface area contributed by atoms with Crippen LogP contribution in [0, 0.1) is 0 Å². The van der Waals surface area contributed by atoms with E-state index in [1.807, 2.05) is 29.0 Å². The first-order chi connectivity index (χ1) is 15.2. The van der Waals surface area contributed by atoms with Gasteiger partial charge in [0.25, 0.3) is 0 Å². The number of fused-ring (bicyclic) bond motifs is 1. The monoisotopic (exact) mass is 466 g/mol. The lowest BCUT2D eigenvalue weighted by Crippen LogP contribution is -2.50. The summed E-state index contributed by atoms with van der Waals surface area (Å²) in [5.74, 6) is 0.424. The number of likely N-dealkylation sites (N-methyl/N-ethyl adjacent to an activating group) is 1. The van der Waals surface area contributed by atoms with E-state index in [1.165, 1.54) is 11.1 Å². The van der Waals surface area contributed by atoms with Crippen LogP contribution in [0.2, 0.25) is 5.02 Å². The van der Waals surface area contributed by atoms with Gasteiger partial charge in [0.1, 0.15) is 5.82 Å². The van der Waals surface area contributed by atoms with Gasteiger partial charge in [-0.2, -0.15) is 13.2 Å². The predicted octanol–water partition coefficient (Wildman–Crippen LogP) is 4.41. The molecule has 0 radical (unpaired) electrons.